The Morgan fingerprint density at radius 2 is 2.33 bits per heavy atom. The fourth-order valence-electron chi connectivity index (χ4n) is 2.32. The predicted octanol–water partition coefficient (Wildman–Crippen LogP) is 3.46. The van der Waals surface area contributed by atoms with E-state index in [-0.39, 0.29) is 6.04 Å². The van der Waals surface area contributed by atoms with Crippen molar-refractivity contribution >= 4 is 33.5 Å². The Morgan fingerprint density at radius 1 is 1.61 bits per heavy atom. The molecule has 1 heterocycles. The number of carboxylic acid groups (broad SMARTS) is 1. The Bertz CT molecular complexity index is 478. The Labute approximate surface area is 120 Å². The van der Waals surface area contributed by atoms with Gasteiger partial charge >= 0.3 is 5.97 Å². The Morgan fingerprint density at radius 3 is 3.00 bits per heavy atom. The fourth-order valence-corrected chi connectivity index (χ4v) is 3.09. The number of carbonyl (C=O) groups is 1. The average molecular weight is 333 g/mol. The fraction of sp³-hybridized carbons (Fsp3) is 0.462. The van der Waals surface area contributed by atoms with Gasteiger partial charge in [-0.2, -0.15) is 0 Å². The van der Waals surface area contributed by atoms with Crippen molar-refractivity contribution in [1.82, 2.24) is 4.90 Å². The van der Waals surface area contributed by atoms with Crippen LogP contribution in [0.2, 0.25) is 5.02 Å². The van der Waals surface area contributed by atoms with Crippen LogP contribution >= 0.6 is 27.5 Å². The molecule has 3 nitrogen and oxygen atoms in total. The lowest BCUT2D eigenvalue weighted by atomic mass is 10.1. The molecule has 18 heavy (non-hydrogen) atoms. The third kappa shape index (κ3) is 2.87. The molecule has 1 aliphatic rings. The van der Waals surface area contributed by atoms with E-state index >= 15 is 0 Å². The number of benzene rings is 1. The van der Waals surface area contributed by atoms with Crippen LogP contribution in [0.3, 0.4) is 0 Å². The zero-order valence-electron chi connectivity index (χ0n) is 10.1. The van der Waals surface area contributed by atoms with Crippen LogP contribution in [0.4, 0.5) is 0 Å². The minimum Gasteiger partial charge on any atom is -0.480 e. The molecular weight excluding hydrogens is 318 g/mol. The van der Waals surface area contributed by atoms with Gasteiger partial charge in [0.2, 0.25) is 0 Å². The van der Waals surface area contributed by atoms with E-state index in [0.717, 1.165) is 40.0 Å². The Kier molecular flexibility index (Phi) is 4.30. The van der Waals surface area contributed by atoms with Gasteiger partial charge in [0.25, 0.3) is 0 Å². The number of hydrogen-bond acceptors (Lipinski definition) is 2. The number of nitrogens with zero attached hydrogens (tertiary/aromatic N) is 1. The van der Waals surface area contributed by atoms with Gasteiger partial charge in [0.05, 0.1) is 0 Å². The van der Waals surface area contributed by atoms with Crippen molar-refractivity contribution in [2.24, 2.45) is 0 Å². The van der Waals surface area contributed by atoms with E-state index in [9.17, 15) is 4.79 Å². The molecule has 1 aliphatic heterocycles. The molecule has 0 bridgehead atoms. The standard InChI is InChI=1S/C13H15BrClNO2/c1-8-5-10(14)9(6-11(8)15)7-16-4-2-3-12(16)13(17)18/h5-6,12H,2-4,7H2,1H3,(H,17,18)/t12-/m0/s1. The summed E-state index contributed by atoms with van der Waals surface area (Å²) in [6, 6.07) is 3.53. The molecule has 1 atom stereocenters. The molecule has 0 spiro atoms. The van der Waals surface area contributed by atoms with Gasteiger partial charge in [0.1, 0.15) is 6.04 Å². The molecule has 1 aromatic carbocycles. The summed E-state index contributed by atoms with van der Waals surface area (Å²) < 4.78 is 0.987. The summed E-state index contributed by atoms with van der Waals surface area (Å²) in [7, 11) is 0. The number of aliphatic carboxylic acids is 1. The van der Waals surface area contributed by atoms with Crippen LogP contribution in [0.15, 0.2) is 16.6 Å². The van der Waals surface area contributed by atoms with Crippen molar-refractivity contribution in [3.63, 3.8) is 0 Å². The topological polar surface area (TPSA) is 40.5 Å². The first-order valence-electron chi connectivity index (χ1n) is 5.90. The summed E-state index contributed by atoms with van der Waals surface area (Å²) >= 11 is 9.63. The van der Waals surface area contributed by atoms with Gasteiger partial charge in [-0.1, -0.05) is 27.5 Å². The van der Waals surface area contributed by atoms with Crippen molar-refractivity contribution in [1.29, 1.82) is 0 Å². The first-order valence-corrected chi connectivity index (χ1v) is 7.07. The van der Waals surface area contributed by atoms with E-state index in [1.54, 1.807) is 0 Å². The summed E-state index contributed by atoms with van der Waals surface area (Å²) in [6.45, 7) is 3.40. The molecule has 98 valence electrons. The first kappa shape index (κ1) is 13.8. The van der Waals surface area contributed by atoms with Crippen molar-refractivity contribution in [3.05, 3.63) is 32.8 Å². The quantitative estimate of drug-likeness (QED) is 0.921. The van der Waals surface area contributed by atoms with Crippen molar-refractivity contribution in [2.45, 2.75) is 32.4 Å². The second-order valence-corrected chi connectivity index (χ2v) is 5.92. The van der Waals surface area contributed by atoms with Crippen LogP contribution in [-0.2, 0) is 11.3 Å². The van der Waals surface area contributed by atoms with Gasteiger partial charge < -0.3 is 5.11 Å². The molecule has 0 amide bonds. The summed E-state index contributed by atoms with van der Waals surface area (Å²) in [5.74, 6) is -0.734. The molecule has 0 aliphatic carbocycles. The van der Waals surface area contributed by atoms with Crippen LogP contribution in [-0.4, -0.2) is 28.6 Å². The lowest BCUT2D eigenvalue weighted by Gasteiger charge is -2.22. The highest BCUT2D eigenvalue weighted by atomic mass is 79.9. The highest BCUT2D eigenvalue weighted by Crippen LogP contribution is 2.28. The molecule has 2 rings (SSSR count). The van der Waals surface area contributed by atoms with Crippen LogP contribution in [0.5, 0.6) is 0 Å². The Balaban J connectivity index is 2.19. The number of likely N-dealkylation sites (tertiary alicyclic amines) is 1. The van der Waals surface area contributed by atoms with E-state index < -0.39 is 5.97 Å². The maximum absolute atomic E-state index is 11.1. The molecule has 1 fully saturated rings. The first-order chi connectivity index (χ1) is 8.49. The monoisotopic (exact) mass is 331 g/mol. The van der Waals surface area contributed by atoms with Gasteiger partial charge in [-0.15, -0.1) is 0 Å². The number of hydrogen-bond donors (Lipinski definition) is 1. The molecule has 1 saturated heterocycles. The van der Waals surface area contributed by atoms with Crippen LogP contribution < -0.4 is 0 Å². The Hall–Kier alpha value is -0.580. The molecule has 1 aromatic rings. The summed E-state index contributed by atoms with van der Waals surface area (Å²) in [5, 5.41) is 9.87. The third-order valence-corrected chi connectivity index (χ3v) is 4.50. The molecular formula is C13H15BrClNO2. The third-order valence-electron chi connectivity index (χ3n) is 3.35. The zero-order valence-corrected chi connectivity index (χ0v) is 12.5. The van der Waals surface area contributed by atoms with Crippen LogP contribution in [0.1, 0.15) is 24.0 Å². The minimum absolute atomic E-state index is 0.364. The largest absolute Gasteiger partial charge is 0.480 e. The van der Waals surface area contributed by atoms with Crippen LogP contribution in [0.25, 0.3) is 0 Å². The second-order valence-electron chi connectivity index (χ2n) is 4.66. The van der Waals surface area contributed by atoms with E-state index in [1.807, 2.05) is 24.0 Å². The van der Waals surface area contributed by atoms with Crippen molar-refractivity contribution in [2.75, 3.05) is 6.54 Å². The maximum Gasteiger partial charge on any atom is 0.320 e. The lowest BCUT2D eigenvalue weighted by Crippen LogP contribution is -2.35. The number of aryl methyl sites for hydroxylation is 1. The second kappa shape index (κ2) is 5.59. The SMILES string of the molecule is Cc1cc(Br)c(CN2CCC[C@H]2C(=O)O)cc1Cl. The lowest BCUT2D eigenvalue weighted by molar-refractivity contribution is -0.142. The van der Waals surface area contributed by atoms with Gasteiger partial charge in [0.15, 0.2) is 0 Å². The molecule has 0 radical (unpaired) electrons. The summed E-state index contributed by atoms with van der Waals surface area (Å²) in [6.07, 6.45) is 1.67. The van der Waals surface area contributed by atoms with Gasteiger partial charge in [-0.3, -0.25) is 9.69 Å². The highest BCUT2D eigenvalue weighted by Gasteiger charge is 2.30. The van der Waals surface area contributed by atoms with Gasteiger partial charge in [0, 0.05) is 16.0 Å². The normalized spacial score (nSPS) is 20.3. The van der Waals surface area contributed by atoms with E-state index in [2.05, 4.69) is 15.9 Å². The number of carboxylic acids is 1. The average Bonchev–Trinajstić information content (AvgIpc) is 2.74. The van der Waals surface area contributed by atoms with Gasteiger partial charge in [-0.05, 0) is 49.6 Å². The van der Waals surface area contributed by atoms with Gasteiger partial charge in [-0.25, -0.2) is 0 Å². The minimum atomic E-state index is -0.734. The van der Waals surface area contributed by atoms with Crippen molar-refractivity contribution in [3.8, 4) is 0 Å². The van der Waals surface area contributed by atoms with E-state index in [0.29, 0.717) is 6.54 Å². The van der Waals surface area contributed by atoms with Crippen molar-refractivity contribution < 1.29 is 9.90 Å². The highest BCUT2D eigenvalue weighted by molar-refractivity contribution is 9.10. The number of rotatable bonds is 3. The smallest absolute Gasteiger partial charge is 0.320 e. The predicted molar refractivity (Wildman–Crippen MR) is 75.0 cm³/mol. The molecule has 0 saturated carbocycles. The zero-order chi connectivity index (χ0) is 13.3. The molecule has 0 aromatic heterocycles. The molecule has 0 unspecified atom stereocenters. The molecule has 1 N–H and O–H groups in total. The van der Waals surface area contributed by atoms with Crippen LogP contribution in [0, 0.1) is 6.92 Å². The molecule has 5 heteroatoms. The summed E-state index contributed by atoms with van der Waals surface area (Å²) in [4.78, 5) is 13.1. The van der Waals surface area contributed by atoms with E-state index in [4.69, 9.17) is 16.7 Å². The maximum atomic E-state index is 11.1. The summed E-state index contributed by atoms with van der Waals surface area (Å²) in [5.41, 5.74) is 2.06. The number of halogens is 2. The van der Waals surface area contributed by atoms with E-state index in [1.165, 1.54) is 0 Å².